The van der Waals surface area contributed by atoms with Crippen LogP contribution >= 0.6 is 0 Å². The van der Waals surface area contributed by atoms with Crippen LogP contribution in [0.1, 0.15) is 16.7 Å². The zero-order valence-electron chi connectivity index (χ0n) is 11.4. The van der Waals surface area contributed by atoms with Crippen LogP contribution in [0.5, 0.6) is 0 Å². The molecule has 94 valence electrons. The first-order valence-corrected chi connectivity index (χ1v) is 6.44. The summed E-state index contributed by atoms with van der Waals surface area (Å²) in [6.45, 7) is 6.23. The lowest BCUT2D eigenvalue weighted by molar-refractivity contribution is 1.20. The monoisotopic (exact) mass is 248 g/mol. The van der Waals surface area contributed by atoms with Gasteiger partial charge in [-0.15, -0.1) is 0 Å². The van der Waals surface area contributed by atoms with E-state index in [9.17, 15) is 0 Å². The van der Waals surface area contributed by atoms with Crippen molar-refractivity contribution in [3.63, 3.8) is 0 Å². The average Bonchev–Trinajstić information content (AvgIpc) is 2.38. The molecule has 0 atom stereocenters. The molecule has 2 nitrogen and oxygen atoms in total. The van der Waals surface area contributed by atoms with E-state index < -0.39 is 0 Å². The minimum Gasteiger partial charge on any atom is -0.254 e. The first-order valence-electron chi connectivity index (χ1n) is 6.44. The first-order chi connectivity index (χ1) is 9.13. The van der Waals surface area contributed by atoms with Crippen LogP contribution in [0, 0.1) is 20.8 Å². The second kappa shape index (κ2) is 4.47. The minimum absolute atomic E-state index is 0.939. The number of hydrogen-bond donors (Lipinski definition) is 0. The second-order valence-corrected chi connectivity index (χ2v) is 5.07. The summed E-state index contributed by atoms with van der Waals surface area (Å²) >= 11 is 0. The summed E-state index contributed by atoms with van der Waals surface area (Å²) < 4.78 is 0. The molecule has 3 aromatic rings. The van der Waals surface area contributed by atoms with E-state index in [0.717, 1.165) is 16.9 Å². The summed E-state index contributed by atoms with van der Waals surface area (Å²) in [5.41, 5.74) is 6.52. The van der Waals surface area contributed by atoms with Crippen molar-refractivity contribution in [1.82, 2.24) is 9.97 Å². The molecule has 0 saturated heterocycles. The SMILES string of the molecule is Cc1cnc(-c2ccc3cc(C)ccc3n2)c(C)c1. The normalized spacial score (nSPS) is 10.9. The van der Waals surface area contributed by atoms with Gasteiger partial charge in [-0.25, -0.2) is 4.98 Å². The summed E-state index contributed by atoms with van der Waals surface area (Å²) in [5, 5.41) is 1.17. The van der Waals surface area contributed by atoms with Gasteiger partial charge in [-0.1, -0.05) is 23.8 Å². The lowest BCUT2D eigenvalue weighted by Crippen LogP contribution is -1.92. The highest BCUT2D eigenvalue weighted by Crippen LogP contribution is 2.23. The van der Waals surface area contributed by atoms with E-state index in [4.69, 9.17) is 4.98 Å². The van der Waals surface area contributed by atoms with Crippen molar-refractivity contribution in [3.05, 3.63) is 59.3 Å². The Morgan fingerprint density at radius 2 is 1.68 bits per heavy atom. The molecule has 1 aromatic carbocycles. The number of nitrogens with zero attached hydrogens (tertiary/aromatic N) is 2. The van der Waals surface area contributed by atoms with Crippen LogP contribution in [0.3, 0.4) is 0 Å². The summed E-state index contributed by atoms with van der Waals surface area (Å²) in [6, 6.07) is 12.6. The minimum atomic E-state index is 0.939. The van der Waals surface area contributed by atoms with Crippen LogP contribution in [-0.2, 0) is 0 Å². The van der Waals surface area contributed by atoms with E-state index in [2.05, 4.69) is 56.1 Å². The van der Waals surface area contributed by atoms with Crippen molar-refractivity contribution >= 4 is 10.9 Å². The maximum absolute atomic E-state index is 4.71. The highest BCUT2D eigenvalue weighted by atomic mass is 14.8. The zero-order valence-corrected chi connectivity index (χ0v) is 11.4. The zero-order chi connectivity index (χ0) is 13.4. The third kappa shape index (κ3) is 2.22. The van der Waals surface area contributed by atoms with Gasteiger partial charge < -0.3 is 0 Å². The summed E-state index contributed by atoms with van der Waals surface area (Å²) in [6.07, 6.45) is 1.89. The number of rotatable bonds is 1. The highest BCUT2D eigenvalue weighted by Gasteiger charge is 2.06. The molecule has 2 heterocycles. The molecular weight excluding hydrogens is 232 g/mol. The molecule has 2 aromatic heterocycles. The fourth-order valence-corrected chi connectivity index (χ4v) is 2.36. The molecule has 0 unspecified atom stereocenters. The van der Waals surface area contributed by atoms with Crippen molar-refractivity contribution < 1.29 is 0 Å². The molecule has 0 fully saturated rings. The Morgan fingerprint density at radius 3 is 2.47 bits per heavy atom. The van der Waals surface area contributed by atoms with Crippen LogP contribution < -0.4 is 0 Å². The van der Waals surface area contributed by atoms with Crippen molar-refractivity contribution in [2.24, 2.45) is 0 Å². The molecule has 0 N–H and O–H groups in total. The number of hydrogen-bond acceptors (Lipinski definition) is 2. The highest BCUT2D eigenvalue weighted by molar-refractivity contribution is 5.82. The van der Waals surface area contributed by atoms with Gasteiger partial charge in [0, 0.05) is 11.6 Å². The number of aromatic nitrogens is 2. The standard InChI is InChI=1S/C17H16N2/c1-11-4-6-15-14(9-11)5-7-16(19-15)17-13(3)8-12(2)10-18-17/h4-10H,1-3H3. The quantitative estimate of drug-likeness (QED) is 0.644. The number of aryl methyl sites for hydroxylation is 3. The summed E-state index contributed by atoms with van der Waals surface area (Å²) in [7, 11) is 0. The third-order valence-electron chi connectivity index (χ3n) is 3.30. The Hall–Kier alpha value is -2.22. The van der Waals surface area contributed by atoms with Gasteiger partial charge in [0.25, 0.3) is 0 Å². The Morgan fingerprint density at radius 1 is 0.842 bits per heavy atom. The number of fused-ring (bicyclic) bond motifs is 1. The Balaban J connectivity index is 2.17. The molecule has 0 radical (unpaired) electrons. The van der Waals surface area contributed by atoms with Gasteiger partial charge in [0.1, 0.15) is 0 Å². The smallest absolute Gasteiger partial charge is 0.0915 e. The van der Waals surface area contributed by atoms with Crippen molar-refractivity contribution in [1.29, 1.82) is 0 Å². The molecular formula is C17H16N2. The Kier molecular flexibility index (Phi) is 2.79. The second-order valence-electron chi connectivity index (χ2n) is 5.07. The van der Waals surface area contributed by atoms with Crippen molar-refractivity contribution in [2.45, 2.75) is 20.8 Å². The molecule has 0 aliphatic rings. The molecule has 0 aliphatic carbocycles. The number of benzene rings is 1. The number of pyridine rings is 2. The van der Waals surface area contributed by atoms with Gasteiger partial charge in [0.2, 0.25) is 0 Å². The molecule has 19 heavy (non-hydrogen) atoms. The van der Waals surface area contributed by atoms with E-state index in [1.165, 1.54) is 22.1 Å². The fraction of sp³-hybridized carbons (Fsp3) is 0.176. The van der Waals surface area contributed by atoms with Gasteiger partial charge in [0.15, 0.2) is 0 Å². The van der Waals surface area contributed by atoms with E-state index in [1.54, 1.807) is 0 Å². The molecule has 0 bridgehead atoms. The first kappa shape index (κ1) is 11.8. The molecule has 2 heteroatoms. The van der Waals surface area contributed by atoms with Gasteiger partial charge >= 0.3 is 0 Å². The van der Waals surface area contributed by atoms with E-state index in [0.29, 0.717) is 0 Å². The van der Waals surface area contributed by atoms with Gasteiger partial charge in [-0.3, -0.25) is 4.98 Å². The predicted molar refractivity (Wildman–Crippen MR) is 79.2 cm³/mol. The summed E-state index contributed by atoms with van der Waals surface area (Å²) in [4.78, 5) is 9.22. The van der Waals surface area contributed by atoms with Crippen LogP contribution in [0.2, 0.25) is 0 Å². The molecule has 0 amide bonds. The van der Waals surface area contributed by atoms with Crippen LogP contribution in [0.15, 0.2) is 42.6 Å². The van der Waals surface area contributed by atoms with E-state index in [-0.39, 0.29) is 0 Å². The molecule has 0 aliphatic heterocycles. The van der Waals surface area contributed by atoms with Gasteiger partial charge in [0.05, 0.1) is 16.9 Å². The maximum Gasteiger partial charge on any atom is 0.0915 e. The molecule has 0 saturated carbocycles. The topological polar surface area (TPSA) is 25.8 Å². The van der Waals surface area contributed by atoms with Gasteiger partial charge in [-0.05, 0) is 50.1 Å². The van der Waals surface area contributed by atoms with Gasteiger partial charge in [-0.2, -0.15) is 0 Å². The lowest BCUT2D eigenvalue weighted by atomic mass is 10.1. The Labute approximate surface area is 113 Å². The van der Waals surface area contributed by atoms with Crippen LogP contribution in [0.25, 0.3) is 22.3 Å². The van der Waals surface area contributed by atoms with E-state index >= 15 is 0 Å². The molecule has 3 rings (SSSR count). The Bertz CT molecular complexity index is 760. The summed E-state index contributed by atoms with van der Waals surface area (Å²) in [5.74, 6) is 0. The lowest BCUT2D eigenvalue weighted by Gasteiger charge is -2.07. The van der Waals surface area contributed by atoms with Crippen LogP contribution in [-0.4, -0.2) is 9.97 Å². The van der Waals surface area contributed by atoms with Crippen molar-refractivity contribution in [3.8, 4) is 11.4 Å². The van der Waals surface area contributed by atoms with Crippen LogP contribution in [0.4, 0.5) is 0 Å². The largest absolute Gasteiger partial charge is 0.254 e. The average molecular weight is 248 g/mol. The third-order valence-corrected chi connectivity index (χ3v) is 3.30. The predicted octanol–water partition coefficient (Wildman–Crippen LogP) is 4.22. The maximum atomic E-state index is 4.71. The molecule has 0 spiro atoms. The fourth-order valence-electron chi connectivity index (χ4n) is 2.36. The van der Waals surface area contributed by atoms with E-state index in [1.807, 2.05) is 12.3 Å². The van der Waals surface area contributed by atoms with Crippen molar-refractivity contribution in [2.75, 3.05) is 0 Å².